The van der Waals surface area contributed by atoms with E-state index in [9.17, 15) is 9.59 Å². The van der Waals surface area contributed by atoms with Crippen LogP contribution in [0.5, 0.6) is 0 Å². The van der Waals surface area contributed by atoms with Crippen LogP contribution in [0.15, 0.2) is 28.7 Å². The minimum Gasteiger partial charge on any atom is -0.478 e. The maximum Gasteiger partial charge on any atom is 0.338 e. The first-order valence-corrected chi connectivity index (χ1v) is 7.46. The average molecular weight is 309 g/mol. The van der Waals surface area contributed by atoms with Gasteiger partial charge in [-0.3, -0.25) is 4.79 Å². The van der Waals surface area contributed by atoms with Crippen LogP contribution < -0.4 is 5.32 Å². The van der Waals surface area contributed by atoms with E-state index in [-0.39, 0.29) is 17.2 Å². The summed E-state index contributed by atoms with van der Waals surface area (Å²) in [5.41, 5.74) is 0.936. The van der Waals surface area contributed by atoms with Crippen molar-refractivity contribution in [3.8, 4) is 0 Å². The van der Waals surface area contributed by atoms with Crippen molar-refractivity contribution < 1.29 is 14.7 Å². The van der Waals surface area contributed by atoms with Gasteiger partial charge in [-0.15, -0.1) is 11.3 Å². The second-order valence-electron chi connectivity index (χ2n) is 3.79. The number of thiazole rings is 1. The fourth-order valence-electron chi connectivity index (χ4n) is 1.37. The van der Waals surface area contributed by atoms with Crippen molar-refractivity contribution in [3.63, 3.8) is 0 Å². The smallest absolute Gasteiger partial charge is 0.338 e. The number of amides is 1. The summed E-state index contributed by atoms with van der Waals surface area (Å²) in [5, 5.41) is 14.4. The quantitative estimate of drug-likeness (QED) is 0.823. The minimum absolute atomic E-state index is 0.0793. The Hall–Kier alpha value is -1.93. The molecule has 0 fully saturated rings. The Bertz CT molecular complexity index is 642. The van der Waals surface area contributed by atoms with Crippen LogP contribution in [0.3, 0.4) is 0 Å². The van der Waals surface area contributed by atoms with Crippen LogP contribution in [0.4, 0.5) is 5.13 Å². The Morgan fingerprint density at radius 3 is 2.95 bits per heavy atom. The van der Waals surface area contributed by atoms with Gasteiger partial charge in [-0.1, -0.05) is 11.8 Å². The lowest BCUT2D eigenvalue weighted by molar-refractivity contribution is -0.113. The van der Waals surface area contributed by atoms with Crippen molar-refractivity contribution in [2.75, 3.05) is 11.1 Å². The second-order valence-corrected chi connectivity index (χ2v) is 5.61. The first-order valence-electron chi connectivity index (χ1n) is 5.59. The maximum atomic E-state index is 11.7. The van der Waals surface area contributed by atoms with E-state index in [0.717, 1.165) is 17.5 Å². The summed E-state index contributed by atoms with van der Waals surface area (Å²) in [6.07, 6.45) is 1.50. The molecule has 6 nitrogen and oxygen atoms in total. The molecule has 0 aliphatic carbocycles. The van der Waals surface area contributed by atoms with Crippen molar-refractivity contribution in [2.24, 2.45) is 0 Å². The van der Waals surface area contributed by atoms with Crippen LogP contribution in [0, 0.1) is 6.92 Å². The van der Waals surface area contributed by atoms with Crippen molar-refractivity contribution in [1.29, 1.82) is 0 Å². The summed E-state index contributed by atoms with van der Waals surface area (Å²) in [6.45, 7) is 1.84. The first-order chi connectivity index (χ1) is 9.56. The lowest BCUT2D eigenvalue weighted by Gasteiger charge is -2.04. The number of rotatable bonds is 5. The van der Waals surface area contributed by atoms with E-state index in [0.29, 0.717) is 10.2 Å². The monoisotopic (exact) mass is 309 g/mol. The van der Waals surface area contributed by atoms with Crippen LogP contribution in [0.1, 0.15) is 16.1 Å². The average Bonchev–Trinajstić information content (AvgIpc) is 2.82. The molecule has 0 aromatic carbocycles. The number of carbonyl (C=O) groups excluding carboxylic acids is 1. The summed E-state index contributed by atoms with van der Waals surface area (Å²) in [5.74, 6) is -1.22. The zero-order valence-corrected chi connectivity index (χ0v) is 12.1. The molecule has 0 aliphatic heterocycles. The third-order valence-electron chi connectivity index (χ3n) is 2.21. The highest BCUT2D eigenvalue weighted by atomic mass is 32.2. The van der Waals surface area contributed by atoms with E-state index in [1.807, 2.05) is 12.3 Å². The van der Waals surface area contributed by atoms with Gasteiger partial charge in [0, 0.05) is 11.6 Å². The molecule has 2 heterocycles. The number of carbonyl (C=O) groups is 2. The molecule has 0 aliphatic rings. The van der Waals surface area contributed by atoms with Crippen LogP contribution in [0.25, 0.3) is 0 Å². The van der Waals surface area contributed by atoms with Crippen molar-refractivity contribution in [1.82, 2.24) is 9.97 Å². The Balaban J connectivity index is 1.95. The fourth-order valence-corrected chi connectivity index (χ4v) is 2.86. The molecule has 0 spiro atoms. The van der Waals surface area contributed by atoms with E-state index in [2.05, 4.69) is 15.3 Å². The molecule has 0 saturated heterocycles. The SMILES string of the molecule is Cc1csc(NC(=O)CSc2ncccc2C(=O)O)n1. The number of carboxylic acids is 1. The van der Waals surface area contributed by atoms with Crippen molar-refractivity contribution in [2.45, 2.75) is 11.9 Å². The van der Waals surface area contributed by atoms with E-state index in [4.69, 9.17) is 5.11 Å². The van der Waals surface area contributed by atoms with Gasteiger partial charge in [-0.2, -0.15) is 0 Å². The molecule has 2 aromatic rings. The number of hydrogen-bond acceptors (Lipinski definition) is 6. The summed E-state index contributed by atoms with van der Waals surface area (Å²) in [7, 11) is 0. The topological polar surface area (TPSA) is 92.2 Å². The Labute approximate surface area is 123 Å². The molecular weight excluding hydrogens is 298 g/mol. The van der Waals surface area contributed by atoms with Gasteiger partial charge in [0.1, 0.15) is 5.03 Å². The van der Waals surface area contributed by atoms with Gasteiger partial charge < -0.3 is 10.4 Å². The van der Waals surface area contributed by atoms with Gasteiger partial charge in [0.2, 0.25) is 5.91 Å². The summed E-state index contributed by atoms with van der Waals surface area (Å²) < 4.78 is 0. The molecule has 20 heavy (non-hydrogen) atoms. The highest BCUT2D eigenvalue weighted by Gasteiger charge is 2.13. The molecule has 0 unspecified atom stereocenters. The standard InChI is InChI=1S/C12H11N3O3S2/c1-7-5-20-12(14-7)15-9(16)6-19-10-8(11(17)18)3-2-4-13-10/h2-5H,6H2,1H3,(H,17,18)(H,14,15,16). The lowest BCUT2D eigenvalue weighted by atomic mass is 10.3. The molecule has 104 valence electrons. The maximum absolute atomic E-state index is 11.7. The van der Waals surface area contributed by atoms with Crippen molar-refractivity contribution in [3.05, 3.63) is 35.0 Å². The highest BCUT2D eigenvalue weighted by Crippen LogP contribution is 2.21. The van der Waals surface area contributed by atoms with E-state index >= 15 is 0 Å². The molecule has 0 atom stereocenters. The van der Waals surface area contributed by atoms with Gasteiger partial charge >= 0.3 is 5.97 Å². The lowest BCUT2D eigenvalue weighted by Crippen LogP contribution is -2.14. The Morgan fingerprint density at radius 2 is 2.30 bits per heavy atom. The number of nitrogens with one attached hydrogen (secondary N) is 1. The number of nitrogens with zero attached hydrogens (tertiary/aromatic N) is 2. The molecule has 1 amide bonds. The number of aromatic nitrogens is 2. The predicted molar refractivity (Wildman–Crippen MR) is 77.4 cm³/mol. The molecule has 2 rings (SSSR count). The molecule has 0 bridgehead atoms. The van der Waals surface area contributed by atoms with Gasteiger partial charge in [0.25, 0.3) is 0 Å². The second kappa shape index (κ2) is 6.49. The third kappa shape index (κ3) is 3.78. The van der Waals surface area contributed by atoms with E-state index in [1.165, 1.54) is 23.6 Å². The number of pyridine rings is 1. The fraction of sp³-hybridized carbons (Fsp3) is 0.167. The molecule has 0 radical (unpaired) electrons. The number of anilines is 1. The normalized spacial score (nSPS) is 10.2. The molecule has 8 heteroatoms. The number of aromatic carboxylic acids is 1. The van der Waals surface area contributed by atoms with Gasteiger partial charge in [-0.05, 0) is 19.1 Å². The van der Waals surface area contributed by atoms with Gasteiger partial charge in [-0.25, -0.2) is 14.8 Å². The van der Waals surface area contributed by atoms with Gasteiger partial charge in [0.05, 0.1) is 17.0 Å². The zero-order valence-electron chi connectivity index (χ0n) is 10.5. The highest BCUT2D eigenvalue weighted by molar-refractivity contribution is 8.00. The van der Waals surface area contributed by atoms with E-state index in [1.54, 1.807) is 6.07 Å². The summed E-state index contributed by atoms with van der Waals surface area (Å²) >= 11 is 2.43. The number of aryl methyl sites for hydroxylation is 1. The first kappa shape index (κ1) is 14.5. The zero-order chi connectivity index (χ0) is 14.5. The Morgan fingerprint density at radius 1 is 1.50 bits per heavy atom. The van der Waals surface area contributed by atoms with Crippen LogP contribution in [-0.4, -0.2) is 32.7 Å². The summed E-state index contributed by atoms with van der Waals surface area (Å²) in [6, 6.07) is 3.01. The van der Waals surface area contributed by atoms with Crippen molar-refractivity contribution >= 4 is 40.1 Å². The Kier molecular flexibility index (Phi) is 4.70. The molecule has 2 aromatic heterocycles. The number of hydrogen-bond donors (Lipinski definition) is 2. The van der Waals surface area contributed by atoms with E-state index < -0.39 is 5.97 Å². The minimum atomic E-state index is -1.06. The van der Waals surface area contributed by atoms with Gasteiger partial charge in [0.15, 0.2) is 5.13 Å². The summed E-state index contributed by atoms with van der Waals surface area (Å²) in [4.78, 5) is 30.8. The molecular formula is C12H11N3O3S2. The van der Waals surface area contributed by atoms with Crippen LogP contribution in [-0.2, 0) is 4.79 Å². The third-order valence-corrected chi connectivity index (χ3v) is 4.09. The number of carboxylic acid groups (broad SMARTS) is 1. The molecule has 0 saturated carbocycles. The van der Waals surface area contributed by atoms with Crippen LogP contribution >= 0.6 is 23.1 Å². The molecule has 2 N–H and O–H groups in total. The van der Waals surface area contributed by atoms with Crippen LogP contribution in [0.2, 0.25) is 0 Å². The predicted octanol–water partition coefficient (Wildman–Crippen LogP) is 2.28. The largest absolute Gasteiger partial charge is 0.478 e. The number of thioether (sulfide) groups is 1.